The predicted molar refractivity (Wildman–Crippen MR) is 39.6 cm³/mol. The second kappa shape index (κ2) is 3.28. The molecule has 1 radical (unpaired) electrons. The van der Waals surface area contributed by atoms with Crippen molar-refractivity contribution in [1.82, 2.24) is 0 Å². The molecule has 0 amide bonds. The van der Waals surface area contributed by atoms with Gasteiger partial charge in [-0.2, -0.15) is 0 Å². The van der Waals surface area contributed by atoms with E-state index in [9.17, 15) is 9.18 Å². The molecule has 11 heavy (non-hydrogen) atoms. The molecule has 0 aromatic heterocycles. The van der Waals surface area contributed by atoms with Crippen LogP contribution in [0.25, 0.3) is 0 Å². The zero-order valence-corrected chi connectivity index (χ0v) is 6.23. The Morgan fingerprint density at radius 3 is 3.00 bits per heavy atom. The quantitative estimate of drug-likeness (QED) is 0.629. The lowest BCUT2D eigenvalue weighted by Gasteiger charge is -1.95. The number of hydrogen-bond donors (Lipinski definition) is 0. The summed E-state index contributed by atoms with van der Waals surface area (Å²) >= 11 is 0. The van der Waals surface area contributed by atoms with Crippen LogP contribution in [0, 0.1) is 11.9 Å². The van der Waals surface area contributed by atoms with Crippen LogP contribution in [-0.2, 0) is 11.2 Å². The number of halogens is 1. The second-order valence-electron chi connectivity index (χ2n) is 2.42. The molecule has 2 heteroatoms. The molecule has 0 aliphatic heterocycles. The minimum absolute atomic E-state index is 0.0376. The molecule has 0 N–H and O–H groups in total. The molecular formula is C9H8FO. The van der Waals surface area contributed by atoms with Gasteiger partial charge in [0, 0.05) is 12.5 Å². The lowest BCUT2D eigenvalue weighted by Crippen LogP contribution is -1.96. The zero-order chi connectivity index (χ0) is 8.27. The first-order valence-corrected chi connectivity index (χ1v) is 3.34. The number of carbonyl (C=O) groups excluding carboxylic acids is 1. The van der Waals surface area contributed by atoms with E-state index in [1.54, 1.807) is 6.07 Å². The van der Waals surface area contributed by atoms with Gasteiger partial charge in [-0.15, -0.1) is 0 Å². The first-order valence-electron chi connectivity index (χ1n) is 3.34. The number of rotatable bonds is 2. The van der Waals surface area contributed by atoms with Gasteiger partial charge >= 0.3 is 0 Å². The third-order valence-corrected chi connectivity index (χ3v) is 1.28. The molecule has 0 unspecified atom stereocenters. The maximum absolute atomic E-state index is 12.5. The molecule has 1 nitrogen and oxygen atoms in total. The van der Waals surface area contributed by atoms with E-state index in [0.717, 1.165) is 0 Å². The van der Waals surface area contributed by atoms with Crippen LogP contribution in [0.5, 0.6) is 0 Å². The summed E-state index contributed by atoms with van der Waals surface area (Å²) in [5.41, 5.74) is 0.703. The van der Waals surface area contributed by atoms with Crippen LogP contribution in [0.15, 0.2) is 18.2 Å². The van der Waals surface area contributed by atoms with Crippen molar-refractivity contribution < 1.29 is 9.18 Å². The van der Waals surface area contributed by atoms with Crippen LogP contribution in [0.3, 0.4) is 0 Å². The van der Waals surface area contributed by atoms with E-state index < -0.39 is 5.82 Å². The first kappa shape index (κ1) is 7.92. The van der Waals surface area contributed by atoms with Crippen molar-refractivity contribution in [3.05, 3.63) is 35.6 Å². The van der Waals surface area contributed by atoms with E-state index in [0.29, 0.717) is 12.0 Å². The summed E-state index contributed by atoms with van der Waals surface area (Å²) in [6.07, 6.45) is 0.297. The van der Waals surface area contributed by atoms with Gasteiger partial charge in [0.1, 0.15) is 11.6 Å². The van der Waals surface area contributed by atoms with Crippen molar-refractivity contribution in [2.75, 3.05) is 0 Å². The summed E-state index contributed by atoms with van der Waals surface area (Å²) in [7, 11) is 0. The highest BCUT2D eigenvalue weighted by atomic mass is 19.1. The van der Waals surface area contributed by atoms with Gasteiger partial charge in [-0.25, -0.2) is 4.39 Å². The Morgan fingerprint density at radius 2 is 2.45 bits per heavy atom. The van der Waals surface area contributed by atoms with Gasteiger partial charge in [0.05, 0.1) is 0 Å². The Balaban J connectivity index is 2.79. The second-order valence-corrected chi connectivity index (χ2v) is 2.42. The number of carbonyl (C=O) groups is 1. The van der Waals surface area contributed by atoms with Crippen molar-refractivity contribution in [2.24, 2.45) is 0 Å². The molecule has 1 rings (SSSR count). The van der Waals surface area contributed by atoms with E-state index in [1.807, 2.05) is 0 Å². The van der Waals surface area contributed by atoms with E-state index in [2.05, 4.69) is 6.07 Å². The molecule has 1 aromatic carbocycles. The van der Waals surface area contributed by atoms with Crippen molar-refractivity contribution in [3.8, 4) is 0 Å². The fraction of sp³-hybridized carbons (Fsp3) is 0.222. The number of Topliss-reactive ketones (excluding diaryl/α,β-unsaturated/α-hetero) is 1. The summed E-state index contributed by atoms with van der Waals surface area (Å²) < 4.78 is 12.5. The van der Waals surface area contributed by atoms with E-state index in [4.69, 9.17) is 0 Å². The largest absolute Gasteiger partial charge is 0.300 e. The molecular weight excluding hydrogens is 143 g/mol. The first-order chi connectivity index (χ1) is 5.18. The fourth-order valence-electron chi connectivity index (χ4n) is 0.878. The average Bonchev–Trinajstić information content (AvgIpc) is 1.85. The van der Waals surface area contributed by atoms with E-state index in [-0.39, 0.29) is 5.78 Å². The monoisotopic (exact) mass is 151 g/mol. The molecule has 0 spiro atoms. The van der Waals surface area contributed by atoms with E-state index in [1.165, 1.54) is 19.1 Å². The summed E-state index contributed by atoms with van der Waals surface area (Å²) in [6.45, 7) is 1.48. The van der Waals surface area contributed by atoms with Gasteiger partial charge in [-0.05, 0) is 18.6 Å². The SMILES string of the molecule is CC(=O)Cc1cc[c]c(F)c1. The Morgan fingerprint density at radius 1 is 1.73 bits per heavy atom. The van der Waals surface area contributed by atoms with Crippen LogP contribution < -0.4 is 0 Å². The van der Waals surface area contributed by atoms with Gasteiger partial charge in [-0.3, -0.25) is 4.79 Å². The minimum Gasteiger partial charge on any atom is -0.300 e. The molecule has 57 valence electrons. The highest BCUT2D eigenvalue weighted by Crippen LogP contribution is 2.03. The summed E-state index contributed by atoms with van der Waals surface area (Å²) in [5.74, 6) is -0.376. The summed E-state index contributed by atoms with van der Waals surface area (Å²) in [5, 5.41) is 0. The smallest absolute Gasteiger partial charge is 0.134 e. The van der Waals surface area contributed by atoms with Crippen LogP contribution in [0.2, 0.25) is 0 Å². The average molecular weight is 151 g/mol. The standard InChI is InChI=1S/C9H8FO/c1-7(11)5-8-3-2-4-9(10)6-8/h2-3,6H,5H2,1H3. The third-order valence-electron chi connectivity index (χ3n) is 1.28. The van der Waals surface area contributed by atoms with Gasteiger partial charge in [0.25, 0.3) is 0 Å². The van der Waals surface area contributed by atoms with Crippen LogP contribution in [-0.4, -0.2) is 5.78 Å². The molecule has 0 fully saturated rings. The highest BCUT2D eigenvalue weighted by molar-refractivity contribution is 5.78. The molecule has 0 saturated heterocycles. The van der Waals surface area contributed by atoms with Gasteiger partial charge in [-0.1, -0.05) is 12.1 Å². The predicted octanol–water partition coefficient (Wildman–Crippen LogP) is 1.76. The van der Waals surface area contributed by atoms with Gasteiger partial charge < -0.3 is 0 Å². The molecule has 0 bridgehead atoms. The van der Waals surface area contributed by atoms with Crippen molar-refractivity contribution in [1.29, 1.82) is 0 Å². The number of benzene rings is 1. The highest BCUT2D eigenvalue weighted by Gasteiger charge is 1.97. The topological polar surface area (TPSA) is 17.1 Å². The molecule has 0 aliphatic rings. The number of ketones is 1. The Bertz CT molecular complexity index is 268. The van der Waals surface area contributed by atoms with Crippen molar-refractivity contribution >= 4 is 5.78 Å². The lowest BCUT2D eigenvalue weighted by atomic mass is 10.1. The van der Waals surface area contributed by atoms with E-state index >= 15 is 0 Å². The third kappa shape index (κ3) is 2.50. The summed E-state index contributed by atoms with van der Waals surface area (Å²) in [4.78, 5) is 10.6. The minimum atomic E-state index is -0.413. The molecule has 1 aromatic rings. The summed E-state index contributed by atoms with van der Waals surface area (Å²) in [6, 6.07) is 6.85. The maximum atomic E-state index is 12.5. The normalized spacial score (nSPS) is 9.64. The van der Waals surface area contributed by atoms with Crippen molar-refractivity contribution in [3.63, 3.8) is 0 Å². The molecule has 0 atom stereocenters. The number of hydrogen-bond acceptors (Lipinski definition) is 1. The molecule has 0 aliphatic carbocycles. The lowest BCUT2D eigenvalue weighted by molar-refractivity contribution is -0.116. The van der Waals surface area contributed by atoms with Gasteiger partial charge in [0.15, 0.2) is 0 Å². The fourth-order valence-corrected chi connectivity index (χ4v) is 0.878. The van der Waals surface area contributed by atoms with Crippen molar-refractivity contribution in [2.45, 2.75) is 13.3 Å². The Labute approximate surface area is 64.9 Å². The Hall–Kier alpha value is -1.18. The van der Waals surface area contributed by atoms with Crippen LogP contribution in [0.4, 0.5) is 4.39 Å². The zero-order valence-electron chi connectivity index (χ0n) is 6.23. The maximum Gasteiger partial charge on any atom is 0.134 e. The molecule has 0 heterocycles. The Kier molecular flexibility index (Phi) is 2.36. The van der Waals surface area contributed by atoms with Crippen LogP contribution >= 0.6 is 0 Å². The van der Waals surface area contributed by atoms with Gasteiger partial charge in [0.2, 0.25) is 0 Å². The van der Waals surface area contributed by atoms with Crippen LogP contribution in [0.1, 0.15) is 12.5 Å². The molecule has 0 saturated carbocycles.